The number of hydrogen-bond acceptors (Lipinski definition) is 3. The van der Waals surface area contributed by atoms with Crippen molar-refractivity contribution < 1.29 is 14.6 Å². The van der Waals surface area contributed by atoms with Crippen LogP contribution in [0, 0.1) is 5.92 Å². The summed E-state index contributed by atoms with van der Waals surface area (Å²) in [5.74, 6) is -0.103. The van der Waals surface area contributed by atoms with Gasteiger partial charge in [0.25, 0.3) is 0 Å². The van der Waals surface area contributed by atoms with E-state index in [9.17, 15) is 9.90 Å². The lowest BCUT2D eigenvalue weighted by molar-refractivity contribution is 0.114. The van der Waals surface area contributed by atoms with Gasteiger partial charge in [0.15, 0.2) is 0 Å². The molecule has 0 heterocycles. The molecule has 0 saturated carbocycles. The van der Waals surface area contributed by atoms with E-state index in [1.165, 1.54) is 0 Å². The number of ether oxygens (including phenoxy) is 1. The first-order valence-corrected chi connectivity index (χ1v) is 6.91. The molecule has 2 rings (SSSR count). The molecule has 0 bridgehead atoms. The Bertz CT molecular complexity index is 542. The Morgan fingerprint density at radius 3 is 2.29 bits per heavy atom. The van der Waals surface area contributed by atoms with Gasteiger partial charge in [-0.05, 0) is 24.1 Å². The van der Waals surface area contributed by atoms with Gasteiger partial charge in [0, 0.05) is 18.2 Å². The maximum absolute atomic E-state index is 11.7. The number of aliphatic hydroxyl groups excluding tert-OH is 1. The SMILES string of the molecule is O=C(Nc1ccccc1)OC[C@@H](CO)Cc1ccccc1. The molecule has 4 heteroatoms. The molecule has 21 heavy (non-hydrogen) atoms. The zero-order valence-corrected chi connectivity index (χ0v) is 11.7. The Morgan fingerprint density at radius 2 is 1.67 bits per heavy atom. The molecular formula is C17H19NO3. The molecule has 2 aromatic carbocycles. The summed E-state index contributed by atoms with van der Waals surface area (Å²) in [6, 6.07) is 18.9. The van der Waals surface area contributed by atoms with Crippen LogP contribution in [-0.4, -0.2) is 24.4 Å². The van der Waals surface area contributed by atoms with Gasteiger partial charge >= 0.3 is 6.09 Å². The van der Waals surface area contributed by atoms with Crippen molar-refractivity contribution in [2.75, 3.05) is 18.5 Å². The van der Waals surface area contributed by atoms with Crippen molar-refractivity contribution in [1.29, 1.82) is 0 Å². The van der Waals surface area contributed by atoms with Crippen LogP contribution in [-0.2, 0) is 11.2 Å². The summed E-state index contributed by atoms with van der Waals surface area (Å²) in [5, 5.41) is 12.0. The molecule has 4 nitrogen and oxygen atoms in total. The fourth-order valence-electron chi connectivity index (χ4n) is 1.99. The Hall–Kier alpha value is -2.33. The predicted molar refractivity (Wildman–Crippen MR) is 82.1 cm³/mol. The van der Waals surface area contributed by atoms with Crippen molar-refractivity contribution in [3.05, 3.63) is 66.2 Å². The minimum absolute atomic E-state index is 0.0203. The number of benzene rings is 2. The molecule has 1 atom stereocenters. The van der Waals surface area contributed by atoms with E-state index in [2.05, 4.69) is 5.32 Å². The van der Waals surface area contributed by atoms with Crippen molar-refractivity contribution >= 4 is 11.8 Å². The number of carbonyl (C=O) groups excluding carboxylic acids is 1. The van der Waals surface area contributed by atoms with Gasteiger partial charge in [-0.25, -0.2) is 4.79 Å². The first-order valence-electron chi connectivity index (χ1n) is 6.91. The fraction of sp³-hybridized carbons (Fsp3) is 0.235. The predicted octanol–water partition coefficient (Wildman–Crippen LogP) is 3.09. The van der Waals surface area contributed by atoms with Crippen LogP contribution in [0.5, 0.6) is 0 Å². The van der Waals surface area contributed by atoms with Gasteiger partial charge in [-0.2, -0.15) is 0 Å². The van der Waals surface area contributed by atoms with Crippen molar-refractivity contribution in [2.24, 2.45) is 5.92 Å². The van der Waals surface area contributed by atoms with E-state index in [1.807, 2.05) is 48.5 Å². The van der Waals surface area contributed by atoms with Crippen LogP contribution in [0.15, 0.2) is 60.7 Å². The molecule has 1 amide bonds. The average Bonchev–Trinajstić information content (AvgIpc) is 2.53. The van der Waals surface area contributed by atoms with Crippen LogP contribution in [0.3, 0.4) is 0 Å². The molecule has 0 radical (unpaired) electrons. The number of hydrogen-bond donors (Lipinski definition) is 2. The molecule has 0 unspecified atom stereocenters. The van der Waals surface area contributed by atoms with Crippen LogP contribution >= 0.6 is 0 Å². The van der Waals surface area contributed by atoms with E-state index >= 15 is 0 Å². The summed E-state index contributed by atoms with van der Waals surface area (Å²) in [4.78, 5) is 11.7. The van der Waals surface area contributed by atoms with E-state index in [-0.39, 0.29) is 19.1 Å². The Kier molecular flexibility index (Phi) is 5.79. The minimum atomic E-state index is -0.507. The lowest BCUT2D eigenvalue weighted by atomic mass is 10.0. The maximum atomic E-state index is 11.7. The zero-order chi connectivity index (χ0) is 14.9. The highest BCUT2D eigenvalue weighted by atomic mass is 16.5. The molecule has 0 aliphatic carbocycles. The number of anilines is 1. The molecule has 0 fully saturated rings. The highest BCUT2D eigenvalue weighted by molar-refractivity contribution is 5.84. The fourth-order valence-corrected chi connectivity index (χ4v) is 1.99. The normalized spacial score (nSPS) is 11.7. The third-order valence-electron chi connectivity index (χ3n) is 3.10. The second-order valence-electron chi connectivity index (χ2n) is 4.83. The van der Waals surface area contributed by atoms with E-state index in [1.54, 1.807) is 12.1 Å². The van der Waals surface area contributed by atoms with E-state index < -0.39 is 6.09 Å². The lowest BCUT2D eigenvalue weighted by Gasteiger charge is -2.15. The van der Waals surface area contributed by atoms with Crippen LogP contribution in [0.4, 0.5) is 10.5 Å². The molecule has 0 aliphatic heterocycles. The van der Waals surface area contributed by atoms with Crippen LogP contribution < -0.4 is 5.32 Å². The van der Waals surface area contributed by atoms with Gasteiger partial charge in [-0.3, -0.25) is 5.32 Å². The van der Waals surface area contributed by atoms with Crippen LogP contribution in [0.25, 0.3) is 0 Å². The smallest absolute Gasteiger partial charge is 0.411 e. The van der Waals surface area contributed by atoms with Gasteiger partial charge in [-0.1, -0.05) is 48.5 Å². The number of carbonyl (C=O) groups is 1. The third kappa shape index (κ3) is 5.28. The molecular weight excluding hydrogens is 266 g/mol. The Morgan fingerprint density at radius 1 is 1.05 bits per heavy atom. The highest BCUT2D eigenvalue weighted by Gasteiger charge is 2.12. The zero-order valence-electron chi connectivity index (χ0n) is 11.7. The topological polar surface area (TPSA) is 58.6 Å². The van der Waals surface area contributed by atoms with Gasteiger partial charge in [-0.15, -0.1) is 0 Å². The summed E-state index contributed by atoms with van der Waals surface area (Å²) < 4.78 is 5.16. The summed E-state index contributed by atoms with van der Waals surface area (Å²) >= 11 is 0. The van der Waals surface area contributed by atoms with Gasteiger partial charge in [0.1, 0.15) is 0 Å². The highest BCUT2D eigenvalue weighted by Crippen LogP contribution is 2.10. The van der Waals surface area contributed by atoms with Crippen molar-refractivity contribution in [2.45, 2.75) is 6.42 Å². The third-order valence-corrected chi connectivity index (χ3v) is 3.10. The number of rotatable bonds is 6. The first-order chi connectivity index (χ1) is 10.3. The monoisotopic (exact) mass is 285 g/mol. The molecule has 0 saturated heterocycles. The number of aliphatic hydroxyl groups is 1. The molecule has 0 aliphatic rings. The molecule has 0 aromatic heterocycles. The molecule has 0 spiro atoms. The average molecular weight is 285 g/mol. The second-order valence-corrected chi connectivity index (χ2v) is 4.83. The minimum Gasteiger partial charge on any atom is -0.449 e. The second kappa shape index (κ2) is 8.07. The maximum Gasteiger partial charge on any atom is 0.411 e. The molecule has 2 N–H and O–H groups in total. The van der Waals surface area contributed by atoms with Crippen molar-refractivity contribution in [1.82, 2.24) is 0 Å². The lowest BCUT2D eigenvalue weighted by Crippen LogP contribution is -2.22. The number of para-hydroxylation sites is 1. The van der Waals surface area contributed by atoms with Crippen LogP contribution in [0.2, 0.25) is 0 Å². The van der Waals surface area contributed by atoms with E-state index in [4.69, 9.17) is 4.74 Å². The summed E-state index contributed by atoms with van der Waals surface area (Å²) in [6.45, 7) is 0.164. The first kappa shape index (κ1) is 15.1. The Balaban J connectivity index is 1.79. The van der Waals surface area contributed by atoms with E-state index in [0.29, 0.717) is 12.1 Å². The van der Waals surface area contributed by atoms with E-state index in [0.717, 1.165) is 5.56 Å². The molecule has 2 aromatic rings. The number of amides is 1. The Labute approximate surface area is 124 Å². The molecule has 110 valence electrons. The quantitative estimate of drug-likeness (QED) is 0.857. The number of nitrogens with one attached hydrogen (secondary N) is 1. The van der Waals surface area contributed by atoms with Crippen molar-refractivity contribution in [3.63, 3.8) is 0 Å². The largest absolute Gasteiger partial charge is 0.449 e. The van der Waals surface area contributed by atoms with Crippen molar-refractivity contribution in [3.8, 4) is 0 Å². The van der Waals surface area contributed by atoms with Gasteiger partial charge in [0.05, 0.1) is 6.61 Å². The van der Waals surface area contributed by atoms with Gasteiger partial charge in [0.2, 0.25) is 0 Å². The van der Waals surface area contributed by atoms with Crippen LogP contribution in [0.1, 0.15) is 5.56 Å². The summed E-state index contributed by atoms with van der Waals surface area (Å²) in [5.41, 5.74) is 1.80. The summed E-state index contributed by atoms with van der Waals surface area (Å²) in [6.07, 6.45) is 0.170. The standard InChI is InChI=1S/C17H19NO3/c19-12-15(11-14-7-3-1-4-8-14)13-21-17(20)18-16-9-5-2-6-10-16/h1-10,15,19H,11-13H2,(H,18,20)/t15-/m1/s1. The summed E-state index contributed by atoms with van der Waals surface area (Å²) in [7, 11) is 0. The van der Waals surface area contributed by atoms with Gasteiger partial charge < -0.3 is 9.84 Å².